The van der Waals surface area contributed by atoms with Crippen molar-refractivity contribution in [3.05, 3.63) is 95.1 Å². The van der Waals surface area contributed by atoms with E-state index in [0.717, 1.165) is 28.0 Å². The van der Waals surface area contributed by atoms with E-state index in [-0.39, 0.29) is 37.6 Å². The summed E-state index contributed by atoms with van der Waals surface area (Å²) in [5.74, 6) is -0.301. The number of carbonyl (C=O) groups excluding carboxylic acids is 2. The molecular formula is C40H46N2O10S4. The highest BCUT2D eigenvalue weighted by Crippen LogP contribution is 2.42. The maximum Gasteiger partial charge on any atom is 0.259 e. The van der Waals surface area contributed by atoms with E-state index in [1.54, 1.807) is 47.0 Å². The number of amides is 2. The van der Waals surface area contributed by atoms with Crippen molar-refractivity contribution in [1.29, 1.82) is 0 Å². The first kappa shape index (κ1) is 42.8. The summed E-state index contributed by atoms with van der Waals surface area (Å²) < 4.78 is 85.2. The third-order valence-corrected chi connectivity index (χ3v) is 14.1. The summed E-state index contributed by atoms with van der Waals surface area (Å²) in [6.45, 7) is 11.5. The number of para-hydroxylation sites is 2. The Balaban J connectivity index is 0.000000215. The number of sulfone groups is 3. The maximum absolute atomic E-state index is 13.3. The van der Waals surface area contributed by atoms with Crippen molar-refractivity contribution in [2.24, 2.45) is 0 Å². The molecule has 0 N–H and O–H groups in total. The summed E-state index contributed by atoms with van der Waals surface area (Å²) in [7, 11) is -8.08. The van der Waals surface area contributed by atoms with Gasteiger partial charge in [-0.2, -0.15) is 0 Å². The first-order chi connectivity index (χ1) is 25.8. The number of carbonyl (C=O) groups is 2. The van der Waals surface area contributed by atoms with Gasteiger partial charge in [-0.05, 0) is 59.4 Å². The van der Waals surface area contributed by atoms with Gasteiger partial charge in [0.15, 0.2) is 29.5 Å². The van der Waals surface area contributed by atoms with E-state index in [9.17, 15) is 34.8 Å². The molecule has 16 heteroatoms. The Bertz CT molecular complexity index is 2570. The minimum absolute atomic E-state index is 0.0425. The van der Waals surface area contributed by atoms with Gasteiger partial charge in [-0.1, -0.05) is 65.8 Å². The molecule has 6 rings (SSSR count). The molecule has 2 amide bonds. The maximum atomic E-state index is 13.3. The standard InChI is InChI=1S/C20H23NO6S2.C20H23NO4S2/c1-20(2,3)14-10-13(11-17(18(14)27-4)28(5,23)24)19(22)21-12-29(25,26)16-9-7-6-8-15(16)21;1-20(2,3)14-10-13(11-17(18(14)25-4)27(5,23)24)19(22)21-12-26-16-9-7-6-8-15(16)21/h6-11H,12H2,1-5H3;6-11H,12H2,1-5H3. The van der Waals surface area contributed by atoms with Gasteiger partial charge in [0, 0.05) is 39.7 Å². The molecule has 0 bridgehead atoms. The summed E-state index contributed by atoms with van der Waals surface area (Å²) in [6, 6.07) is 20.0. The molecule has 2 aliphatic heterocycles. The summed E-state index contributed by atoms with van der Waals surface area (Å²) in [5.41, 5.74) is 1.89. The molecule has 4 aromatic carbocycles. The van der Waals surface area contributed by atoms with E-state index in [0.29, 0.717) is 28.3 Å². The number of fused-ring (bicyclic) bond motifs is 2. The zero-order valence-corrected chi connectivity index (χ0v) is 36.2. The topological polar surface area (TPSA) is 162 Å². The van der Waals surface area contributed by atoms with Gasteiger partial charge >= 0.3 is 0 Å². The molecule has 12 nitrogen and oxygen atoms in total. The van der Waals surface area contributed by atoms with Gasteiger partial charge in [0.05, 0.1) is 36.4 Å². The highest BCUT2D eigenvalue weighted by atomic mass is 32.2. The fourth-order valence-electron chi connectivity index (χ4n) is 6.44. The Kier molecular flexibility index (Phi) is 11.6. The van der Waals surface area contributed by atoms with Crippen LogP contribution in [0.3, 0.4) is 0 Å². The molecule has 0 radical (unpaired) electrons. The summed E-state index contributed by atoms with van der Waals surface area (Å²) in [6.07, 6.45) is 2.17. The van der Waals surface area contributed by atoms with E-state index in [1.165, 1.54) is 32.4 Å². The molecule has 0 spiro atoms. The minimum Gasteiger partial charge on any atom is -0.495 e. The van der Waals surface area contributed by atoms with Gasteiger partial charge in [0.25, 0.3) is 11.8 Å². The van der Waals surface area contributed by atoms with Crippen molar-refractivity contribution in [1.82, 2.24) is 0 Å². The van der Waals surface area contributed by atoms with Gasteiger partial charge in [-0.25, -0.2) is 25.3 Å². The monoisotopic (exact) mass is 842 g/mol. The molecule has 2 heterocycles. The lowest BCUT2D eigenvalue weighted by Gasteiger charge is -2.25. The van der Waals surface area contributed by atoms with Crippen LogP contribution >= 0.6 is 11.8 Å². The van der Waals surface area contributed by atoms with Gasteiger partial charge < -0.3 is 9.47 Å². The first-order valence-electron chi connectivity index (χ1n) is 17.3. The smallest absolute Gasteiger partial charge is 0.259 e. The fraction of sp³-hybridized carbons (Fsp3) is 0.350. The molecular weight excluding hydrogens is 797 g/mol. The largest absolute Gasteiger partial charge is 0.495 e. The van der Waals surface area contributed by atoms with Crippen LogP contribution in [0.2, 0.25) is 0 Å². The molecule has 0 saturated carbocycles. The quantitative estimate of drug-likeness (QED) is 0.199. The zero-order valence-electron chi connectivity index (χ0n) is 33.0. The van der Waals surface area contributed by atoms with Crippen LogP contribution in [-0.2, 0) is 40.3 Å². The van der Waals surface area contributed by atoms with Crippen LogP contribution in [0.4, 0.5) is 11.4 Å². The van der Waals surface area contributed by atoms with E-state index in [1.807, 2.05) is 65.8 Å². The van der Waals surface area contributed by atoms with Crippen LogP contribution in [0.15, 0.2) is 92.4 Å². The Morgan fingerprint density at radius 1 is 0.661 bits per heavy atom. The lowest BCUT2D eigenvalue weighted by Crippen LogP contribution is -2.31. The predicted molar refractivity (Wildman–Crippen MR) is 219 cm³/mol. The van der Waals surface area contributed by atoms with Crippen LogP contribution in [0.5, 0.6) is 11.5 Å². The van der Waals surface area contributed by atoms with Crippen LogP contribution in [0.25, 0.3) is 0 Å². The van der Waals surface area contributed by atoms with Crippen LogP contribution in [0, 0.1) is 0 Å². The average Bonchev–Trinajstić information content (AvgIpc) is 3.67. The lowest BCUT2D eigenvalue weighted by molar-refractivity contribution is 0.0983. The normalized spacial score (nSPS) is 15.0. The van der Waals surface area contributed by atoms with Crippen molar-refractivity contribution in [3.63, 3.8) is 0 Å². The second-order valence-electron chi connectivity index (χ2n) is 15.6. The molecule has 0 unspecified atom stereocenters. The van der Waals surface area contributed by atoms with Gasteiger partial charge in [-0.3, -0.25) is 19.4 Å². The van der Waals surface area contributed by atoms with Gasteiger partial charge in [0.2, 0.25) is 0 Å². The van der Waals surface area contributed by atoms with Crippen molar-refractivity contribution in [2.45, 2.75) is 72.0 Å². The van der Waals surface area contributed by atoms with Crippen molar-refractivity contribution in [2.75, 3.05) is 48.3 Å². The Hall–Kier alpha value is -4.38. The summed E-state index contributed by atoms with van der Waals surface area (Å²) in [5, 5.41) is 0. The van der Waals surface area contributed by atoms with Gasteiger partial charge in [-0.15, -0.1) is 11.8 Å². The SMILES string of the molecule is COc1c(C(C)(C)C)cc(C(=O)N2CS(=O)(=O)c3ccccc32)cc1S(C)(=O)=O.COc1c(C(C)(C)C)cc(C(=O)N2CSc3ccccc32)cc1S(C)(=O)=O. The molecule has 0 aromatic heterocycles. The zero-order chi connectivity index (χ0) is 41.8. The van der Waals surface area contributed by atoms with Crippen LogP contribution in [0.1, 0.15) is 73.4 Å². The number of anilines is 2. The van der Waals surface area contributed by atoms with Crippen molar-refractivity contribution >= 4 is 64.5 Å². The molecule has 0 fully saturated rings. The predicted octanol–water partition coefficient (Wildman–Crippen LogP) is 6.89. The molecule has 0 saturated heterocycles. The molecule has 56 heavy (non-hydrogen) atoms. The lowest BCUT2D eigenvalue weighted by atomic mass is 9.85. The van der Waals surface area contributed by atoms with E-state index >= 15 is 0 Å². The number of benzene rings is 4. The summed E-state index contributed by atoms with van der Waals surface area (Å²) in [4.78, 5) is 30.4. The third kappa shape index (κ3) is 8.48. The minimum atomic E-state index is -3.71. The fourth-order valence-corrected chi connectivity index (χ4v) is 10.7. The number of nitrogens with zero attached hydrogens (tertiary/aromatic N) is 2. The average molecular weight is 843 g/mol. The van der Waals surface area contributed by atoms with Crippen molar-refractivity contribution in [3.8, 4) is 11.5 Å². The molecule has 300 valence electrons. The molecule has 4 aromatic rings. The van der Waals surface area contributed by atoms with Crippen LogP contribution < -0.4 is 19.3 Å². The molecule has 0 atom stereocenters. The molecule has 0 aliphatic carbocycles. The number of ether oxygens (including phenoxy) is 2. The number of methoxy groups -OCH3 is 2. The van der Waals surface area contributed by atoms with Gasteiger partial charge in [0.1, 0.15) is 27.2 Å². The second kappa shape index (κ2) is 15.2. The van der Waals surface area contributed by atoms with E-state index < -0.39 is 52.1 Å². The number of thioether (sulfide) groups is 1. The summed E-state index contributed by atoms with van der Waals surface area (Å²) >= 11 is 1.59. The highest BCUT2D eigenvalue weighted by Gasteiger charge is 2.38. The Morgan fingerprint density at radius 2 is 1.09 bits per heavy atom. The van der Waals surface area contributed by atoms with Crippen molar-refractivity contribution < 1.29 is 44.3 Å². The van der Waals surface area contributed by atoms with E-state index in [4.69, 9.17) is 9.47 Å². The Morgan fingerprint density at radius 3 is 1.54 bits per heavy atom. The highest BCUT2D eigenvalue weighted by molar-refractivity contribution is 8.00. The van der Waals surface area contributed by atoms with E-state index in [2.05, 4.69) is 0 Å². The van der Waals surface area contributed by atoms with Crippen LogP contribution in [-0.4, -0.2) is 75.6 Å². The third-order valence-electron chi connectivity index (χ3n) is 9.21. The number of hydrogen-bond acceptors (Lipinski definition) is 11. The molecule has 2 aliphatic rings. The first-order valence-corrected chi connectivity index (χ1v) is 23.8. The number of rotatable bonds is 6. The Labute approximate surface area is 334 Å². The second-order valence-corrected chi connectivity index (χ2v) is 22.5. The number of hydrogen-bond donors (Lipinski definition) is 0.